The van der Waals surface area contributed by atoms with Crippen molar-refractivity contribution in [2.45, 2.75) is 32.2 Å². The minimum atomic E-state index is -0.337. The van der Waals surface area contributed by atoms with Gasteiger partial charge in [0, 0.05) is 12.2 Å². The Morgan fingerprint density at radius 3 is 2.68 bits per heavy atom. The van der Waals surface area contributed by atoms with Crippen LogP contribution in [-0.2, 0) is 20.7 Å². The highest BCUT2D eigenvalue weighted by Crippen LogP contribution is 2.38. The van der Waals surface area contributed by atoms with E-state index in [1.165, 1.54) is 17.1 Å². The molecule has 1 aromatic carbocycles. The van der Waals surface area contributed by atoms with E-state index in [4.69, 9.17) is 4.74 Å². The maximum Gasteiger partial charge on any atom is 0.338 e. The van der Waals surface area contributed by atoms with Crippen LogP contribution in [0.4, 0.5) is 0 Å². The molecule has 0 saturated heterocycles. The predicted octanol–water partition coefficient (Wildman–Crippen LogP) is 2.17. The van der Waals surface area contributed by atoms with Crippen molar-refractivity contribution in [3.8, 4) is 0 Å². The smallest absolute Gasteiger partial charge is 0.338 e. The van der Waals surface area contributed by atoms with Gasteiger partial charge in [-0.05, 0) is 36.5 Å². The maximum absolute atomic E-state index is 12.1. The van der Waals surface area contributed by atoms with Crippen LogP contribution in [0.15, 0.2) is 30.4 Å². The predicted molar refractivity (Wildman–Crippen MR) is 79.1 cm³/mol. The number of esters is 1. The second-order valence-electron chi connectivity index (χ2n) is 5.44. The number of hydrogen-bond acceptors (Lipinski definition) is 4. The third-order valence-corrected chi connectivity index (χ3v) is 4.05. The minimum Gasteiger partial charge on any atom is -0.462 e. The molecule has 22 heavy (non-hydrogen) atoms. The molecule has 2 aliphatic rings. The van der Waals surface area contributed by atoms with Gasteiger partial charge >= 0.3 is 5.97 Å². The van der Waals surface area contributed by atoms with Crippen molar-refractivity contribution in [3.63, 3.8) is 0 Å². The number of carbonyl (C=O) groups excluding carboxylic acids is 3. The fourth-order valence-corrected chi connectivity index (χ4v) is 3.08. The Morgan fingerprint density at radius 1 is 1.27 bits per heavy atom. The standard InChI is InChI=1S/C17H17NO4/c1-2-10-22-17(21)13-5-3-4-12-11(13)6-7-14(12)18-15(19)8-9-16(18)20/h3-5,8-9,14H,2,6-7,10H2,1H3/t14-/m0/s1. The van der Waals surface area contributed by atoms with Gasteiger partial charge in [-0.15, -0.1) is 0 Å². The molecule has 5 heteroatoms. The number of nitrogens with zero attached hydrogens (tertiary/aromatic N) is 1. The second kappa shape index (κ2) is 5.75. The molecule has 1 aliphatic carbocycles. The largest absolute Gasteiger partial charge is 0.462 e. The number of amides is 2. The first-order chi connectivity index (χ1) is 10.6. The van der Waals surface area contributed by atoms with E-state index in [-0.39, 0.29) is 23.8 Å². The van der Waals surface area contributed by atoms with Gasteiger partial charge in [0.05, 0.1) is 18.2 Å². The van der Waals surface area contributed by atoms with E-state index in [9.17, 15) is 14.4 Å². The lowest BCUT2D eigenvalue weighted by atomic mass is 10.0. The molecule has 2 amide bonds. The quantitative estimate of drug-likeness (QED) is 0.631. The highest BCUT2D eigenvalue weighted by atomic mass is 16.5. The van der Waals surface area contributed by atoms with Crippen molar-refractivity contribution in [1.82, 2.24) is 4.90 Å². The molecule has 0 spiro atoms. The maximum atomic E-state index is 12.1. The number of carbonyl (C=O) groups is 3. The van der Waals surface area contributed by atoms with Crippen molar-refractivity contribution >= 4 is 17.8 Å². The summed E-state index contributed by atoms with van der Waals surface area (Å²) in [7, 11) is 0. The van der Waals surface area contributed by atoms with Crippen LogP contribution in [0.25, 0.3) is 0 Å². The summed E-state index contributed by atoms with van der Waals surface area (Å²) in [5, 5.41) is 0. The molecular formula is C17H17NO4. The van der Waals surface area contributed by atoms with E-state index in [0.29, 0.717) is 25.0 Å². The van der Waals surface area contributed by atoms with Gasteiger partial charge in [0.1, 0.15) is 0 Å². The highest BCUT2D eigenvalue weighted by molar-refractivity contribution is 6.13. The fourth-order valence-electron chi connectivity index (χ4n) is 3.08. The van der Waals surface area contributed by atoms with Crippen LogP contribution in [0.5, 0.6) is 0 Å². The van der Waals surface area contributed by atoms with Crippen LogP contribution in [-0.4, -0.2) is 29.3 Å². The zero-order chi connectivity index (χ0) is 15.7. The average molecular weight is 299 g/mol. The Balaban J connectivity index is 1.91. The van der Waals surface area contributed by atoms with Crippen LogP contribution in [0.3, 0.4) is 0 Å². The molecule has 0 aromatic heterocycles. The van der Waals surface area contributed by atoms with Crippen molar-refractivity contribution < 1.29 is 19.1 Å². The zero-order valence-electron chi connectivity index (χ0n) is 12.4. The Labute approximate surface area is 128 Å². The molecule has 0 unspecified atom stereocenters. The molecule has 1 aromatic rings. The first kappa shape index (κ1) is 14.5. The Bertz CT molecular complexity index is 659. The Hall–Kier alpha value is -2.43. The number of benzene rings is 1. The van der Waals surface area contributed by atoms with Gasteiger partial charge in [-0.1, -0.05) is 19.1 Å². The first-order valence-corrected chi connectivity index (χ1v) is 7.47. The Morgan fingerprint density at radius 2 is 2.00 bits per heavy atom. The average Bonchev–Trinajstić information content (AvgIpc) is 3.08. The van der Waals surface area contributed by atoms with Gasteiger partial charge in [0.25, 0.3) is 11.8 Å². The summed E-state index contributed by atoms with van der Waals surface area (Å²) in [6.07, 6.45) is 4.66. The monoisotopic (exact) mass is 299 g/mol. The fraction of sp³-hybridized carbons (Fsp3) is 0.353. The van der Waals surface area contributed by atoms with Gasteiger partial charge < -0.3 is 4.74 Å². The van der Waals surface area contributed by atoms with E-state index in [1.807, 2.05) is 13.0 Å². The number of fused-ring (bicyclic) bond motifs is 1. The van der Waals surface area contributed by atoms with Gasteiger partial charge in [-0.2, -0.15) is 0 Å². The van der Waals surface area contributed by atoms with Crippen LogP contribution in [0, 0.1) is 0 Å². The van der Waals surface area contributed by atoms with Crippen LogP contribution < -0.4 is 0 Å². The van der Waals surface area contributed by atoms with Crippen LogP contribution >= 0.6 is 0 Å². The normalized spacial score (nSPS) is 19.7. The summed E-state index contributed by atoms with van der Waals surface area (Å²) in [6.45, 7) is 2.33. The summed E-state index contributed by atoms with van der Waals surface area (Å²) in [4.78, 5) is 37.1. The van der Waals surface area contributed by atoms with Crippen molar-refractivity contribution in [1.29, 1.82) is 0 Å². The number of imide groups is 1. The molecule has 3 rings (SSSR count). The summed E-state index contributed by atoms with van der Waals surface area (Å²) >= 11 is 0. The third kappa shape index (κ3) is 2.32. The molecule has 0 saturated carbocycles. The van der Waals surface area contributed by atoms with E-state index in [2.05, 4.69) is 0 Å². The number of hydrogen-bond donors (Lipinski definition) is 0. The Kier molecular flexibility index (Phi) is 3.79. The number of rotatable bonds is 4. The molecule has 0 N–H and O–H groups in total. The van der Waals surface area contributed by atoms with Crippen molar-refractivity contribution in [2.24, 2.45) is 0 Å². The van der Waals surface area contributed by atoms with Gasteiger partial charge in [0.2, 0.25) is 0 Å². The van der Waals surface area contributed by atoms with Crippen molar-refractivity contribution in [2.75, 3.05) is 6.61 Å². The second-order valence-corrected chi connectivity index (χ2v) is 5.44. The summed E-state index contributed by atoms with van der Waals surface area (Å²) in [6, 6.07) is 5.11. The SMILES string of the molecule is CCCOC(=O)c1cccc2c1CC[C@@H]2N1C(=O)C=CC1=O. The zero-order valence-corrected chi connectivity index (χ0v) is 12.4. The van der Waals surface area contributed by atoms with E-state index < -0.39 is 0 Å². The minimum absolute atomic E-state index is 0.288. The summed E-state index contributed by atoms with van der Waals surface area (Å²) in [5.74, 6) is -0.917. The lowest BCUT2D eigenvalue weighted by Crippen LogP contribution is -2.33. The lowest BCUT2D eigenvalue weighted by molar-refractivity contribution is -0.139. The molecular weight excluding hydrogens is 282 g/mol. The molecule has 5 nitrogen and oxygen atoms in total. The molecule has 1 atom stereocenters. The first-order valence-electron chi connectivity index (χ1n) is 7.47. The van der Waals surface area contributed by atoms with Gasteiger partial charge in [-0.25, -0.2) is 4.79 Å². The summed E-state index contributed by atoms with van der Waals surface area (Å²) < 4.78 is 5.21. The van der Waals surface area contributed by atoms with E-state index in [0.717, 1.165) is 17.5 Å². The lowest BCUT2D eigenvalue weighted by Gasteiger charge is -2.23. The molecule has 0 bridgehead atoms. The number of ether oxygens (including phenoxy) is 1. The third-order valence-electron chi connectivity index (χ3n) is 4.05. The summed E-state index contributed by atoms with van der Waals surface area (Å²) in [5.41, 5.74) is 2.30. The van der Waals surface area contributed by atoms with Crippen molar-refractivity contribution in [3.05, 3.63) is 47.0 Å². The highest BCUT2D eigenvalue weighted by Gasteiger charge is 2.37. The van der Waals surface area contributed by atoms with E-state index in [1.54, 1.807) is 12.1 Å². The van der Waals surface area contributed by atoms with Crippen LogP contribution in [0.2, 0.25) is 0 Å². The molecule has 0 radical (unpaired) electrons. The molecule has 0 fully saturated rings. The molecule has 1 heterocycles. The van der Waals surface area contributed by atoms with E-state index >= 15 is 0 Å². The topological polar surface area (TPSA) is 63.7 Å². The molecule has 114 valence electrons. The molecule has 1 aliphatic heterocycles. The van der Waals surface area contributed by atoms with Crippen LogP contribution in [0.1, 0.15) is 47.3 Å². The van der Waals surface area contributed by atoms with Gasteiger partial charge in [0.15, 0.2) is 0 Å². The van der Waals surface area contributed by atoms with Gasteiger partial charge in [-0.3, -0.25) is 14.5 Å².